The van der Waals surface area contributed by atoms with Gasteiger partial charge >= 0.3 is 0 Å². The fourth-order valence-corrected chi connectivity index (χ4v) is 11.1. The molecule has 1 N–H and O–H groups in total. The van der Waals surface area contributed by atoms with Crippen molar-refractivity contribution in [3.05, 3.63) is 130 Å². The molecule has 4 aromatic rings. The Morgan fingerprint density at radius 2 is 1.44 bits per heavy atom. The van der Waals surface area contributed by atoms with Gasteiger partial charge in [0.15, 0.2) is 0 Å². The van der Waals surface area contributed by atoms with Gasteiger partial charge in [-0.05, 0) is 64.1 Å². The maximum atomic E-state index is 14.0. The van der Waals surface area contributed by atoms with Crippen LogP contribution in [0.25, 0.3) is 0 Å². The van der Waals surface area contributed by atoms with Crippen molar-refractivity contribution in [2.45, 2.75) is 63.3 Å². The number of likely N-dealkylation sites (tertiary alicyclic amines) is 1. The van der Waals surface area contributed by atoms with E-state index in [0.717, 1.165) is 11.1 Å². The zero-order valence-corrected chi connectivity index (χ0v) is 27.4. The van der Waals surface area contributed by atoms with Crippen LogP contribution in [0, 0.1) is 0 Å². The largest absolute Gasteiger partial charge is 0.406 e. The normalized spacial score (nSPS) is 19.9. The highest BCUT2D eigenvalue weighted by Gasteiger charge is 2.47. The van der Waals surface area contributed by atoms with E-state index in [4.69, 9.17) is 27.6 Å². The monoisotopic (exact) mass is 631 g/mol. The van der Waals surface area contributed by atoms with E-state index in [1.54, 1.807) is 0 Å². The fraction of sp³-hybridized carbons (Fsp3) is 0.306. The number of nitrogens with zero attached hydrogens (tertiary/aromatic N) is 1. The third-order valence-electron chi connectivity index (χ3n) is 8.77. The van der Waals surface area contributed by atoms with Crippen molar-refractivity contribution in [2.24, 2.45) is 0 Å². The Hall–Kier alpha value is -2.93. The molecule has 7 heteroatoms. The van der Waals surface area contributed by atoms with Crippen molar-refractivity contribution >= 4 is 47.8 Å². The van der Waals surface area contributed by atoms with Crippen LogP contribution in [0.4, 0.5) is 0 Å². The number of rotatable bonds is 10. The molecule has 0 aliphatic carbocycles. The summed E-state index contributed by atoms with van der Waals surface area (Å²) in [6.45, 7) is 6.89. The molecular weight excluding hydrogens is 593 g/mol. The summed E-state index contributed by atoms with van der Waals surface area (Å²) in [7, 11) is -2.74. The zero-order valence-electron chi connectivity index (χ0n) is 24.9. The quantitative estimate of drug-likeness (QED) is 0.186. The standard InChI is InChI=1S/C36H39Cl2NO3Si/c1-4-30(24-42-43(25(2)3,31-14-7-5-8-15-31)32-16-9-6-10-17-32)39-35(26-18-20-28(37)21-19-26)33(23-34(40)36(39)41)27-12-11-13-29(38)22-27/h5-22,25,30,33-35,40H,4,23-24H2,1-3H3/t30-,33+,34?,35+/m0/s1. The molecule has 1 saturated heterocycles. The van der Waals surface area contributed by atoms with E-state index in [9.17, 15) is 9.90 Å². The minimum Gasteiger partial charge on any atom is -0.406 e. The third kappa shape index (κ3) is 6.47. The van der Waals surface area contributed by atoms with Crippen LogP contribution in [-0.4, -0.2) is 43.0 Å². The number of hydrogen-bond donors (Lipinski definition) is 1. The summed E-state index contributed by atoms with van der Waals surface area (Å²) in [6, 6.07) is 35.8. The molecule has 0 aromatic heterocycles. The van der Waals surface area contributed by atoms with Gasteiger partial charge in [0.05, 0.1) is 18.7 Å². The molecule has 4 nitrogen and oxygen atoms in total. The van der Waals surface area contributed by atoms with Crippen LogP contribution < -0.4 is 10.4 Å². The smallest absolute Gasteiger partial charge is 0.258 e. The van der Waals surface area contributed by atoms with Crippen LogP contribution in [0.15, 0.2) is 109 Å². The van der Waals surface area contributed by atoms with Crippen molar-refractivity contribution in [3.63, 3.8) is 0 Å². The second kappa shape index (κ2) is 13.8. The molecule has 0 bridgehead atoms. The predicted molar refractivity (Wildman–Crippen MR) is 179 cm³/mol. The number of aliphatic hydroxyl groups excluding tert-OH is 1. The molecule has 1 amide bonds. The molecule has 1 unspecified atom stereocenters. The average molecular weight is 633 g/mol. The zero-order chi connectivity index (χ0) is 30.6. The van der Waals surface area contributed by atoms with Crippen LogP contribution in [0.3, 0.4) is 0 Å². The number of aliphatic hydroxyl groups is 1. The Balaban J connectivity index is 1.59. The number of piperidine rings is 1. The Kier molecular flexibility index (Phi) is 10.1. The second-order valence-corrected chi connectivity index (χ2v) is 16.6. The van der Waals surface area contributed by atoms with E-state index < -0.39 is 14.4 Å². The average Bonchev–Trinajstić information content (AvgIpc) is 3.02. The van der Waals surface area contributed by atoms with Gasteiger partial charge in [-0.25, -0.2) is 0 Å². The highest BCUT2D eigenvalue weighted by atomic mass is 35.5. The van der Waals surface area contributed by atoms with Crippen molar-refractivity contribution in [1.82, 2.24) is 4.90 Å². The van der Waals surface area contributed by atoms with Gasteiger partial charge in [-0.2, -0.15) is 0 Å². The minimum atomic E-state index is -2.74. The third-order valence-corrected chi connectivity index (χ3v) is 13.9. The number of amides is 1. The number of halogens is 2. The molecule has 1 aliphatic heterocycles. The SMILES string of the molecule is CC[C@@H](CO[Si](c1ccccc1)(c1ccccc1)C(C)C)N1C(=O)C(O)C[C@H](c2cccc(Cl)c2)[C@H]1c1ccc(Cl)cc1. The van der Waals surface area contributed by atoms with Crippen LogP contribution in [0.1, 0.15) is 56.7 Å². The van der Waals surface area contributed by atoms with E-state index in [2.05, 4.69) is 69.3 Å². The fourth-order valence-electron chi connectivity index (χ4n) is 6.65. The lowest BCUT2D eigenvalue weighted by atomic mass is 9.78. The van der Waals surface area contributed by atoms with Gasteiger partial charge in [-0.15, -0.1) is 0 Å². The number of carbonyl (C=O) groups excluding carboxylic acids is 1. The van der Waals surface area contributed by atoms with Crippen LogP contribution >= 0.6 is 23.2 Å². The maximum absolute atomic E-state index is 14.0. The topological polar surface area (TPSA) is 49.8 Å². The lowest BCUT2D eigenvalue weighted by Crippen LogP contribution is -2.64. The van der Waals surface area contributed by atoms with Crippen molar-refractivity contribution in [2.75, 3.05) is 6.61 Å². The summed E-state index contributed by atoms with van der Waals surface area (Å²) in [6.07, 6.45) is -0.160. The molecular formula is C36H39Cl2NO3Si. The molecule has 224 valence electrons. The lowest BCUT2D eigenvalue weighted by Gasteiger charge is -2.48. The van der Waals surface area contributed by atoms with E-state index in [1.807, 2.05) is 65.6 Å². The summed E-state index contributed by atoms with van der Waals surface area (Å²) in [4.78, 5) is 15.9. The molecule has 1 fully saturated rings. The van der Waals surface area contributed by atoms with E-state index in [0.29, 0.717) is 29.5 Å². The lowest BCUT2D eigenvalue weighted by molar-refractivity contribution is -0.154. The van der Waals surface area contributed by atoms with Gasteiger partial charge in [0.2, 0.25) is 0 Å². The molecule has 4 aromatic carbocycles. The van der Waals surface area contributed by atoms with Crippen molar-refractivity contribution in [1.29, 1.82) is 0 Å². The van der Waals surface area contributed by atoms with Gasteiger partial charge in [0.1, 0.15) is 6.10 Å². The Bertz CT molecular complexity index is 1460. The summed E-state index contributed by atoms with van der Waals surface area (Å²) in [5.74, 6) is -0.443. The Morgan fingerprint density at radius 1 is 0.837 bits per heavy atom. The molecule has 1 aliphatic rings. The first-order chi connectivity index (χ1) is 20.8. The number of carbonyl (C=O) groups is 1. The molecule has 43 heavy (non-hydrogen) atoms. The molecule has 0 spiro atoms. The van der Waals surface area contributed by atoms with Crippen LogP contribution in [-0.2, 0) is 9.22 Å². The van der Waals surface area contributed by atoms with Gasteiger partial charge in [-0.1, -0.05) is 129 Å². The predicted octanol–water partition coefficient (Wildman–Crippen LogP) is 7.38. The van der Waals surface area contributed by atoms with Gasteiger partial charge < -0.3 is 14.4 Å². The number of benzene rings is 4. The van der Waals surface area contributed by atoms with Crippen LogP contribution in [0.5, 0.6) is 0 Å². The summed E-state index contributed by atoms with van der Waals surface area (Å²) in [5, 5.41) is 14.8. The van der Waals surface area contributed by atoms with Gasteiger partial charge in [-0.3, -0.25) is 4.79 Å². The maximum Gasteiger partial charge on any atom is 0.258 e. The van der Waals surface area contributed by atoms with E-state index in [-0.39, 0.29) is 29.4 Å². The first kappa shape index (κ1) is 31.5. The van der Waals surface area contributed by atoms with E-state index in [1.165, 1.54) is 10.4 Å². The van der Waals surface area contributed by atoms with Crippen molar-refractivity contribution in [3.8, 4) is 0 Å². The molecule has 5 rings (SSSR count). The van der Waals surface area contributed by atoms with E-state index >= 15 is 0 Å². The molecule has 0 radical (unpaired) electrons. The highest BCUT2D eigenvalue weighted by molar-refractivity contribution is 6.98. The highest BCUT2D eigenvalue weighted by Crippen LogP contribution is 2.45. The number of hydrogen-bond acceptors (Lipinski definition) is 3. The summed E-state index contributed by atoms with van der Waals surface area (Å²) in [5.41, 5.74) is 2.18. The van der Waals surface area contributed by atoms with Gasteiger partial charge in [0.25, 0.3) is 14.2 Å². The van der Waals surface area contributed by atoms with Crippen LogP contribution in [0.2, 0.25) is 15.6 Å². The van der Waals surface area contributed by atoms with Gasteiger partial charge in [0, 0.05) is 16.0 Å². The Labute approximate surface area is 266 Å². The molecule has 4 atom stereocenters. The summed E-state index contributed by atoms with van der Waals surface area (Å²) < 4.78 is 7.24. The first-order valence-electron chi connectivity index (χ1n) is 15.0. The first-order valence-corrected chi connectivity index (χ1v) is 17.8. The Morgan fingerprint density at radius 3 is 1.98 bits per heavy atom. The second-order valence-electron chi connectivity index (χ2n) is 11.7. The summed E-state index contributed by atoms with van der Waals surface area (Å²) >= 11 is 12.7. The molecule has 0 saturated carbocycles. The minimum absolute atomic E-state index is 0.169. The van der Waals surface area contributed by atoms with Crippen molar-refractivity contribution < 1.29 is 14.3 Å². The molecule has 1 heterocycles.